The number of aliphatic hydroxyl groups is 13. The Hall–Kier alpha value is -8.06. The van der Waals surface area contributed by atoms with Crippen molar-refractivity contribution in [1.82, 2.24) is 42.5 Å². The van der Waals surface area contributed by atoms with Crippen LogP contribution in [0.4, 0.5) is 0 Å². The zero-order valence-corrected chi connectivity index (χ0v) is 52.9. The average molecular weight is 1390 g/mol. The fourth-order valence-electron chi connectivity index (χ4n) is 12.1. The van der Waals surface area contributed by atoms with Gasteiger partial charge < -0.3 is 138 Å². The van der Waals surface area contributed by atoms with Crippen molar-refractivity contribution in [2.45, 2.75) is 173 Å². The molecule has 0 saturated carbocycles. The number of carbonyl (C=O) groups is 6. The summed E-state index contributed by atoms with van der Waals surface area (Å²) < 4.78 is 35.8. The number of hydrogen-bond acceptors (Lipinski definition) is 30. The highest BCUT2D eigenvalue weighted by molar-refractivity contribution is 5.98. The molecule has 6 amide bonds. The van der Waals surface area contributed by atoms with E-state index in [1.807, 2.05) is 6.92 Å². The van der Waals surface area contributed by atoms with Gasteiger partial charge in [-0.2, -0.15) is 0 Å². The van der Waals surface area contributed by atoms with Crippen molar-refractivity contribution in [2.75, 3.05) is 46.1 Å². The van der Waals surface area contributed by atoms with E-state index in [-0.39, 0.29) is 36.4 Å². The van der Waals surface area contributed by atoms with E-state index < -0.39 is 227 Å². The van der Waals surface area contributed by atoms with Crippen LogP contribution in [0.15, 0.2) is 83.9 Å². The molecule has 6 aliphatic rings. The summed E-state index contributed by atoms with van der Waals surface area (Å²) in [5.41, 5.74) is 13.9. The lowest BCUT2D eigenvalue weighted by atomic mass is 9.92. The molecule has 37 heteroatoms. The van der Waals surface area contributed by atoms with Gasteiger partial charge in [0.15, 0.2) is 12.2 Å². The molecular formula is C61H85N12O25+. The minimum Gasteiger partial charge on any atom is -0.491 e. The molecule has 1 unspecified atom stereocenters. The number of aliphatic imine (C=N–C) groups is 1. The van der Waals surface area contributed by atoms with Gasteiger partial charge in [-0.05, 0) is 42.3 Å². The molecule has 4 saturated heterocycles. The van der Waals surface area contributed by atoms with Gasteiger partial charge in [-0.3, -0.25) is 39.8 Å². The molecular weight excluding hydrogens is 1300 g/mol. The van der Waals surface area contributed by atoms with Crippen LogP contribution in [-0.4, -0.2) is 311 Å². The molecule has 0 spiro atoms. The van der Waals surface area contributed by atoms with Crippen LogP contribution in [0.25, 0.3) is 0 Å². The summed E-state index contributed by atoms with van der Waals surface area (Å²) in [7, 11) is 0. The first-order chi connectivity index (χ1) is 46.7. The minimum atomic E-state index is -2.33. The molecule has 6 heterocycles. The lowest BCUT2D eigenvalue weighted by molar-refractivity contribution is -0.663. The first kappa shape index (κ1) is 74.2. The highest BCUT2D eigenvalue weighted by atomic mass is 16.7. The Morgan fingerprint density at radius 1 is 0.571 bits per heavy atom. The van der Waals surface area contributed by atoms with Crippen molar-refractivity contribution >= 4 is 47.4 Å². The molecule has 0 aliphatic carbocycles. The van der Waals surface area contributed by atoms with Crippen LogP contribution < -0.4 is 63.5 Å². The lowest BCUT2D eigenvalue weighted by Crippen LogP contribution is -2.68. The largest absolute Gasteiger partial charge is 0.491 e. The Morgan fingerprint density at radius 3 is 1.82 bits per heavy atom. The summed E-state index contributed by atoms with van der Waals surface area (Å²) in [5.74, 6) is -8.42. The quantitative estimate of drug-likeness (QED) is 0.0496. The van der Waals surface area contributed by atoms with Crippen LogP contribution in [0, 0.1) is 6.92 Å². The van der Waals surface area contributed by atoms with Crippen molar-refractivity contribution in [3.05, 3.63) is 95.6 Å². The van der Waals surface area contributed by atoms with Crippen LogP contribution in [0.2, 0.25) is 0 Å². The molecule has 0 bridgehead atoms. The molecule has 9 rings (SSSR count). The van der Waals surface area contributed by atoms with E-state index in [2.05, 4.69) is 47.5 Å². The predicted molar refractivity (Wildman–Crippen MR) is 332 cm³/mol. The molecule has 98 heavy (non-hydrogen) atoms. The molecule has 3 aromatic rings. The molecule has 37 nitrogen and oxygen atoms in total. The summed E-state index contributed by atoms with van der Waals surface area (Å²) in [6, 6.07) is 7.80. The van der Waals surface area contributed by atoms with Gasteiger partial charge in [-0.25, -0.2) is 9.57 Å². The van der Waals surface area contributed by atoms with Crippen LogP contribution in [0.1, 0.15) is 29.5 Å². The Labute approximate surface area is 558 Å². The number of guanidine groups is 2. The molecule has 0 radical (unpaired) electrons. The first-order valence-electron chi connectivity index (χ1n) is 31.5. The van der Waals surface area contributed by atoms with Crippen molar-refractivity contribution in [3.8, 4) is 11.5 Å². The molecule has 4 fully saturated rings. The normalized spacial score (nSPS) is 35.6. The zero-order valence-electron chi connectivity index (χ0n) is 52.9. The minimum absolute atomic E-state index is 0.0633. The van der Waals surface area contributed by atoms with Gasteiger partial charge in [0.1, 0.15) is 146 Å². The molecule has 3 aromatic carbocycles. The monoisotopic (exact) mass is 1390 g/mol. The number of nitrogens with one attached hydrogen (secondary N) is 8. The number of nitrogens with two attached hydrogens (primary N) is 2. The van der Waals surface area contributed by atoms with E-state index in [4.69, 9.17) is 39.9 Å². The summed E-state index contributed by atoms with van der Waals surface area (Å²) >= 11 is 0. The Kier molecular flexibility index (Phi) is 24.8. The van der Waals surface area contributed by atoms with Gasteiger partial charge >= 0.3 is 5.96 Å². The Morgan fingerprint density at radius 2 is 1.16 bits per heavy atom. The number of nitrogens with zero attached hydrogens (tertiary/aromatic N) is 2. The number of aliphatic hydroxyl groups excluding tert-OH is 13. The van der Waals surface area contributed by atoms with Gasteiger partial charge in [0.2, 0.25) is 48.0 Å². The van der Waals surface area contributed by atoms with Gasteiger partial charge in [0.25, 0.3) is 0 Å². The Balaban J connectivity index is 0.992. The Bertz CT molecular complexity index is 3310. The van der Waals surface area contributed by atoms with Gasteiger partial charge in [0, 0.05) is 18.9 Å². The van der Waals surface area contributed by atoms with Crippen molar-refractivity contribution < 1.29 is 128 Å². The second-order valence-corrected chi connectivity index (χ2v) is 24.6. The predicted octanol–water partition coefficient (Wildman–Crippen LogP) is -11.9. The third kappa shape index (κ3) is 17.0. The maximum Gasteiger partial charge on any atom is 0.346 e. The lowest BCUT2D eigenvalue weighted by Gasteiger charge is -2.46. The second kappa shape index (κ2) is 32.7. The van der Waals surface area contributed by atoms with Gasteiger partial charge in [-0.15, -0.1) is 0 Å². The topological polar surface area (TPSA) is 584 Å². The van der Waals surface area contributed by atoms with Crippen LogP contribution >= 0.6 is 0 Å². The van der Waals surface area contributed by atoms with Crippen LogP contribution in [0.5, 0.6) is 11.5 Å². The third-order valence-corrected chi connectivity index (χ3v) is 17.8. The summed E-state index contributed by atoms with van der Waals surface area (Å²) in [4.78, 5) is 91.6. The number of rotatable bonds is 19. The van der Waals surface area contributed by atoms with E-state index in [0.717, 1.165) is 10.1 Å². The molecule has 538 valence electrons. The van der Waals surface area contributed by atoms with Crippen molar-refractivity contribution in [1.29, 1.82) is 0 Å². The summed E-state index contributed by atoms with van der Waals surface area (Å²) in [5, 5.41) is 163. The van der Waals surface area contributed by atoms with Crippen LogP contribution in [-0.2, 0) is 54.1 Å². The standard InChI is InChI=1S/C61H84N12O25/c1-24-8-12-28(13-9-24)93-23-36-44(81)46(83)49(86)59(97-36)98-51-35(22-76)96-58(50(87)47(51)84)94-29-14-10-26(11-15-29)16-30-53(89)71-39(41(78)31-17-65-60(62)69-31)56(92)72-40(42(79)33-18-66-61(63)73(33)57-48(85)45(82)43(80)34(21-75)95-57)55(91)68-32(20-74)52(88)64-19-37(77)70-38(54(90)67-30)25(2)27-6-4-3-5-7-27/h3-15,25,30-36,38-51,57-59,74-76,78-87H,16-23H2,1-2H3,(H11,62,63,64,65,66,67,68,69,70,71,72,77,88,89,90,91,92)/p+1/t25-,30-,31+,32?,33+,34+,35-,36+,38-,39+,40-,41-,42-,43+,44+,45+,46+,47+,48+,49+,50-,51-,57-,58+,59+/m1/s1. The molecule has 25 atom stereocenters. The van der Waals surface area contributed by atoms with E-state index in [9.17, 15) is 85.6 Å². The summed E-state index contributed by atoms with van der Waals surface area (Å²) in [6.07, 6.45) is -31.3. The highest BCUT2D eigenvalue weighted by Gasteiger charge is 2.55. The smallest absolute Gasteiger partial charge is 0.346 e. The number of ether oxygens (including phenoxy) is 6. The first-order valence-corrected chi connectivity index (χ1v) is 31.5. The second-order valence-electron chi connectivity index (χ2n) is 24.6. The highest BCUT2D eigenvalue weighted by Crippen LogP contribution is 2.32. The number of benzene rings is 3. The number of hydrogen-bond donors (Lipinski definition) is 23. The number of amides is 6. The maximum absolute atomic E-state index is 15.2. The van der Waals surface area contributed by atoms with E-state index in [0.29, 0.717) is 11.3 Å². The van der Waals surface area contributed by atoms with E-state index in [1.54, 1.807) is 61.5 Å². The molecule has 25 N–H and O–H groups in total. The summed E-state index contributed by atoms with van der Waals surface area (Å²) in [6.45, 7) is -1.38. The zero-order chi connectivity index (χ0) is 71.0. The number of aryl methyl sites for hydroxylation is 1. The van der Waals surface area contributed by atoms with Gasteiger partial charge in [0.05, 0.1) is 32.4 Å². The fraction of sp³-hybridized carbons (Fsp3) is 0.574. The molecule has 6 aliphatic heterocycles. The fourth-order valence-corrected chi connectivity index (χ4v) is 12.1. The molecule has 0 aromatic heterocycles. The average Bonchev–Trinajstić information content (AvgIpc) is 1.42. The van der Waals surface area contributed by atoms with E-state index >= 15 is 9.59 Å². The van der Waals surface area contributed by atoms with E-state index in [1.165, 1.54) is 24.3 Å². The van der Waals surface area contributed by atoms with Crippen molar-refractivity contribution in [2.24, 2.45) is 16.5 Å². The third-order valence-electron chi connectivity index (χ3n) is 17.8. The maximum atomic E-state index is 15.2. The number of carbonyl (C=O) groups excluding carboxylic acids is 6. The van der Waals surface area contributed by atoms with Gasteiger partial charge in [-0.1, -0.05) is 67.1 Å². The SMILES string of the molecule is Cc1ccc(OC[C@@H]2O[C@@H](O[C@H]3[C@@H](O)[C@@H](O)[C@@H](Oc4ccc(C[C@H]5NC(=O)[C@@H]([C@H](C)c6ccccc6)NC(=O)CNC(=O)C(CO)NC(=O)[C@@H]([C@H](O)[C@@H]6CNC(N)=[N+]6[C@@H]6O[C@@H](CO)[C@H](O)[C@H](O)[C@@H]6O)NC(=O)[C@H]([C@H](O)[C@@H]6CNC(N)=N6)NC5=O)cc4)O[C@@H]3CO)[C@@H](O)[C@@H](O)[C@H]2O)cc1. The van der Waals surface area contributed by atoms with Crippen LogP contribution in [0.3, 0.4) is 0 Å². The van der Waals surface area contributed by atoms with Crippen molar-refractivity contribution in [3.63, 3.8) is 0 Å².